The molecule has 0 radical (unpaired) electrons. The Morgan fingerprint density at radius 2 is 1.85 bits per heavy atom. The van der Waals surface area contributed by atoms with Gasteiger partial charge in [0.25, 0.3) is 0 Å². The zero-order valence-corrected chi connectivity index (χ0v) is 16.9. The van der Waals surface area contributed by atoms with Gasteiger partial charge in [0, 0.05) is 17.3 Å². The second-order valence-electron chi connectivity index (χ2n) is 8.91. The number of hydrogen-bond donors (Lipinski definition) is 1. The quantitative estimate of drug-likeness (QED) is 0.599. The summed E-state index contributed by atoms with van der Waals surface area (Å²) < 4.78 is 29.0. The van der Waals surface area contributed by atoms with E-state index in [1.54, 1.807) is 12.1 Å². The van der Waals surface area contributed by atoms with Crippen LogP contribution in [0.4, 0.5) is 8.78 Å². The summed E-state index contributed by atoms with van der Waals surface area (Å²) in [5.41, 5.74) is 1.18. The molecule has 1 aromatic rings. The zero-order valence-electron chi connectivity index (χ0n) is 15.4. The molecule has 3 nitrogen and oxygen atoms in total. The van der Waals surface area contributed by atoms with Crippen molar-refractivity contribution in [1.29, 1.82) is 0 Å². The van der Waals surface area contributed by atoms with Crippen LogP contribution in [0.3, 0.4) is 0 Å². The zero-order chi connectivity index (χ0) is 19.1. The minimum atomic E-state index is -2.81. The molecule has 1 N–H and O–H groups in total. The molecule has 0 spiro atoms. The standard InChI is InChI=1S/C21H26BrF2NO2/c22-21-10-15-7-16(11-21)9-20(8-15,13-21)12-18(26)25-6-5-14-1-3-17(4-2-14)27-19(23)24/h1-4,15-16,19H,5-13H2,(H,25,26). The van der Waals surface area contributed by atoms with Gasteiger partial charge in [-0.25, -0.2) is 0 Å². The van der Waals surface area contributed by atoms with Crippen molar-refractivity contribution >= 4 is 21.8 Å². The number of carbonyl (C=O) groups is 1. The minimum absolute atomic E-state index is 0.144. The molecular weight excluding hydrogens is 416 g/mol. The van der Waals surface area contributed by atoms with E-state index < -0.39 is 6.61 Å². The average Bonchev–Trinajstić information content (AvgIpc) is 2.53. The molecule has 1 aromatic carbocycles. The number of benzene rings is 1. The number of amides is 1. The summed E-state index contributed by atoms with van der Waals surface area (Å²) in [6.45, 7) is -2.24. The fourth-order valence-electron chi connectivity index (χ4n) is 6.13. The maximum Gasteiger partial charge on any atom is 0.387 e. The summed E-state index contributed by atoms with van der Waals surface area (Å²) in [4.78, 5) is 12.6. The number of nitrogens with one attached hydrogen (secondary N) is 1. The SMILES string of the molecule is O=C(CC12CC3CC(CC(Br)(C3)C1)C2)NCCc1ccc(OC(F)F)cc1. The van der Waals surface area contributed by atoms with E-state index in [1.165, 1.54) is 44.2 Å². The van der Waals surface area contributed by atoms with Gasteiger partial charge in [-0.15, -0.1) is 0 Å². The molecule has 148 valence electrons. The van der Waals surface area contributed by atoms with Crippen molar-refractivity contribution in [1.82, 2.24) is 5.32 Å². The van der Waals surface area contributed by atoms with Gasteiger partial charge in [-0.1, -0.05) is 28.1 Å². The molecule has 0 aromatic heterocycles. The maximum atomic E-state index is 12.6. The van der Waals surface area contributed by atoms with Gasteiger partial charge in [0.15, 0.2) is 0 Å². The molecule has 0 heterocycles. The Morgan fingerprint density at radius 1 is 1.19 bits per heavy atom. The number of hydrogen-bond acceptors (Lipinski definition) is 2. The number of carbonyl (C=O) groups excluding carboxylic acids is 1. The molecule has 27 heavy (non-hydrogen) atoms. The van der Waals surface area contributed by atoms with Gasteiger partial charge >= 0.3 is 6.61 Å². The summed E-state index contributed by atoms with van der Waals surface area (Å²) in [6, 6.07) is 6.59. The number of ether oxygens (including phenoxy) is 1. The topological polar surface area (TPSA) is 38.3 Å². The number of rotatable bonds is 7. The van der Waals surface area contributed by atoms with Crippen molar-refractivity contribution in [2.75, 3.05) is 6.54 Å². The first-order chi connectivity index (χ1) is 12.8. The minimum Gasteiger partial charge on any atom is -0.435 e. The van der Waals surface area contributed by atoms with E-state index >= 15 is 0 Å². The summed E-state index contributed by atoms with van der Waals surface area (Å²) in [5.74, 6) is 1.87. The smallest absolute Gasteiger partial charge is 0.387 e. The third kappa shape index (κ3) is 4.47. The van der Waals surface area contributed by atoms with E-state index in [2.05, 4.69) is 26.0 Å². The fraction of sp³-hybridized carbons (Fsp3) is 0.667. The van der Waals surface area contributed by atoms with Crippen LogP contribution in [0, 0.1) is 17.3 Å². The van der Waals surface area contributed by atoms with Crippen LogP contribution < -0.4 is 10.1 Å². The first-order valence-electron chi connectivity index (χ1n) is 9.83. The predicted molar refractivity (Wildman–Crippen MR) is 103 cm³/mol. The van der Waals surface area contributed by atoms with Gasteiger partial charge in [-0.2, -0.15) is 8.78 Å². The lowest BCUT2D eigenvalue weighted by atomic mass is 9.48. The van der Waals surface area contributed by atoms with Crippen molar-refractivity contribution in [3.8, 4) is 5.75 Å². The first kappa shape index (κ1) is 19.2. The van der Waals surface area contributed by atoms with Gasteiger partial charge in [0.1, 0.15) is 5.75 Å². The Morgan fingerprint density at radius 3 is 2.44 bits per heavy atom. The lowest BCUT2D eigenvalue weighted by Crippen LogP contribution is -2.54. The molecule has 2 atom stereocenters. The van der Waals surface area contributed by atoms with Gasteiger partial charge in [0.05, 0.1) is 0 Å². The average molecular weight is 442 g/mol. The van der Waals surface area contributed by atoms with Crippen LogP contribution in [0.1, 0.15) is 50.5 Å². The lowest BCUT2D eigenvalue weighted by molar-refractivity contribution is -0.128. The van der Waals surface area contributed by atoms with E-state index in [1.807, 2.05) is 0 Å². The van der Waals surface area contributed by atoms with Crippen LogP contribution in [-0.2, 0) is 11.2 Å². The summed E-state index contributed by atoms with van der Waals surface area (Å²) in [6.07, 6.45) is 8.76. The third-order valence-electron chi connectivity index (χ3n) is 6.53. The number of alkyl halides is 3. The van der Waals surface area contributed by atoms with Crippen molar-refractivity contribution in [2.24, 2.45) is 17.3 Å². The molecule has 5 rings (SSSR count). The summed E-state index contributed by atoms with van der Waals surface area (Å²) in [5, 5.41) is 3.06. The monoisotopic (exact) mass is 441 g/mol. The first-order valence-corrected chi connectivity index (χ1v) is 10.6. The predicted octanol–water partition coefficient (Wildman–Crippen LogP) is 5.07. The Kier molecular flexibility index (Phi) is 5.21. The third-order valence-corrected chi connectivity index (χ3v) is 7.46. The van der Waals surface area contributed by atoms with Crippen molar-refractivity contribution in [2.45, 2.75) is 62.3 Å². The highest BCUT2D eigenvalue weighted by Gasteiger charge is 2.57. The Labute approximate surface area is 167 Å². The second kappa shape index (κ2) is 7.34. The van der Waals surface area contributed by atoms with Gasteiger partial charge in [0.2, 0.25) is 5.91 Å². The molecule has 1 amide bonds. The highest BCUT2D eigenvalue weighted by Crippen LogP contribution is 2.65. The Balaban J connectivity index is 1.26. The highest BCUT2D eigenvalue weighted by atomic mass is 79.9. The summed E-state index contributed by atoms with van der Waals surface area (Å²) in [7, 11) is 0. The van der Waals surface area contributed by atoms with Crippen LogP contribution in [0.15, 0.2) is 24.3 Å². The van der Waals surface area contributed by atoms with Crippen molar-refractivity contribution in [3.63, 3.8) is 0 Å². The molecule has 6 heteroatoms. The molecule has 0 saturated heterocycles. The molecule has 4 saturated carbocycles. The Bertz CT molecular complexity index is 680. The molecule has 4 aliphatic carbocycles. The van der Waals surface area contributed by atoms with Crippen molar-refractivity contribution in [3.05, 3.63) is 29.8 Å². The molecule has 4 bridgehead atoms. The van der Waals surface area contributed by atoms with Crippen LogP contribution >= 0.6 is 15.9 Å². The summed E-state index contributed by atoms with van der Waals surface area (Å²) >= 11 is 4.00. The largest absolute Gasteiger partial charge is 0.435 e. The normalized spacial score (nSPS) is 34.1. The van der Waals surface area contributed by atoms with Crippen LogP contribution in [0.2, 0.25) is 0 Å². The lowest BCUT2D eigenvalue weighted by Gasteiger charge is -2.60. The van der Waals surface area contributed by atoms with Crippen LogP contribution in [0.5, 0.6) is 5.75 Å². The molecule has 4 fully saturated rings. The van der Waals surface area contributed by atoms with Gasteiger partial charge in [-0.3, -0.25) is 4.79 Å². The van der Waals surface area contributed by atoms with E-state index in [0.29, 0.717) is 19.4 Å². The second-order valence-corrected chi connectivity index (χ2v) is 10.6. The van der Waals surface area contributed by atoms with E-state index in [9.17, 15) is 13.6 Å². The Hall–Kier alpha value is -1.17. The molecular formula is C21H26BrF2NO2. The highest BCUT2D eigenvalue weighted by molar-refractivity contribution is 9.10. The van der Waals surface area contributed by atoms with E-state index in [-0.39, 0.29) is 21.4 Å². The van der Waals surface area contributed by atoms with E-state index in [4.69, 9.17) is 0 Å². The molecule has 2 unspecified atom stereocenters. The molecule has 4 aliphatic rings. The number of halogens is 3. The fourth-order valence-corrected chi connectivity index (χ4v) is 7.64. The van der Waals surface area contributed by atoms with Crippen LogP contribution in [-0.4, -0.2) is 23.4 Å². The van der Waals surface area contributed by atoms with Gasteiger partial charge < -0.3 is 10.1 Å². The van der Waals surface area contributed by atoms with E-state index in [0.717, 1.165) is 23.8 Å². The van der Waals surface area contributed by atoms with Gasteiger partial charge in [-0.05, 0) is 79.9 Å². The molecule has 0 aliphatic heterocycles. The van der Waals surface area contributed by atoms with Crippen LogP contribution in [0.25, 0.3) is 0 Å². The maximum absolute atomic E-state index is 12.6. The van der Waals surface area contributed by atoms with Crippen molar-refractivity contribution < 1.29 is 18.3 Å².